The number of hydrogen-bond acceptors (Lipinski definition) is 3. The second-order valence-corrected chi connectivity index (χ2v) is 8.46. The summed E-state index contributed by atoms with van der Waals surface area (Å²) in [4.78, 5) is 12.4. The number of hydrogen-bond donors (Lipinski definition) is 1. The average molecular weight is 458 g/mol. The first-order valence-electron chi connectivity index (χ1n) is 7.42. The first kappa shape index (κ1) is 18.7. The fraction of sp³-hybridized carbons (Fsp3) is 0.235. The Hall–Kier alpha value is -1.61. The van der Waals surface area contributed by atoms with Crippen LogP contribution in [-0.2, 0) is 21.2 Å². The van der Waals surface area contributed by atoms with E-state index in [4.69, 9.17) is 0 Å². The summed E-state index contributed by atoms with van der Waals surface area (Å²) in [5, 5.41) is 2.80. The topological polar surface area (TPSA) is 66.5 Å². The highest BCUT2D eigenvalue weighted by Gasteiger charge is 2.21. The van der Waals surface area contributed by atoms with E-state index in [0.29, 0.717) is 11.4 Å². The molecular formula is C17H19IN2O3S. The van der Waals surface area contributed by atoms with Gasteiger partial charge in [-0.05, 0) is 64.9 Å². The largest absolute Gasteiger partial charge is 0.324 e. The first-order valence-corrected chi connectivity index (χ1v) is 10.3. The van der Waals surface area contributed by atoms with Crippen molar-refractivity contribution in [2.24, 2.45) is 0 Å². The molecule has 1 amide bonds. The van der Waals surface area contributed by atoms with E-state index in [1.165, 1.54) is 0 Å². The van der Waals surface area contributed by atoms with Crippen molar-refractivity contribution in [1.82, 2.24) is 0 Å². The minimum atomic E-state index is -3.56. The van der Waals surface area contributed by atoms with Crippen LogP contribution in [0.3, 0.4) is 0 Å². The maximum Gasteiger partial charge on any atom is 0.245 e. The van der Waals surface area contributed by atoms with Gasteiger partial charge in [-0.3, -0.25) is 9.10 Å². The predicted molar refractivity (Wildman–Crippen MR) is 106 cm³/mol. The van der Waals surface area contributed by atoms with Crippen molar-refractivity contribution in [1.29, 1.82) is 0 Å². The van der Waals surface area contributed by atoms with Crippen LogP contribution in [0.5, 0.6) is 0 Å². The molecule has 2 aromatic rings. The highest BCUT2D eigenvalue weighted by molar-refractivity contribution is 14.1. The predicted octanol–water partition coefficient (Wildman–Crippen LogP) is 3.26. The van der Waals surface area contributed by atoms with Gasteiger partial charge in [-0.1, -0.05) is 25.1 Å². The number of aryl methyl sites for hydroxylation is 1. The normalized spacial score (nSPS) is 11.1. The van der Waals surface area contributed by atoms with Crippen molar-refractivity contribution >= 4 is 49.9 Å². The summed E-state index contributed by atoms with van der Waals surface area (Å²) in [5.41, 5.74) is 2.18. The van der Waals surface area contributed by atoms with Crippen molar-refractivity contribution in [2.75, 3.05) is 22.4 Å². The zero-order valence-corrected chi connectivity index (χ0v) is 16.5. The van der Waals surface area contributed by atoms with Crippen molar-refractivity contribution in [3.05, 3.63) is 57.7 Å². The van der Waals surface area contributed by atoms with Gasteiger partial charge in [0.25, 0.3) is 0 Å². The summed E-state index contributed by atoms with van der Waals surface area (Å²) in [6.45, 7) is 1.73. The molecule has 7 heteroatoms. The van der Waals surface area contributed by atoms with Gasteiger partial charge >= 0.3 is 0 Å². The molecule has 0 aromatic heterocycles. The second kappa shape index (κ2) is 7.98. The summed E-state index contributed by atoms with van der Waals surface area (Å²) in [7, 11) is -3.56. The van der Waals surface area contributed by atoms with Gasteiger partial charge in [0.15, 0.2) is 0 Å². The van der Waals surface area contributed by atoms with Crippen LogP contribution in [-0.4, -0.2) is 27.1 Å². The lowest BCUT2D eigenvalue weighted by molar-refractivity contribution is -0.114. The Morgan fingerprint density at radius 1 is 1.12 bits per heavy atom. The molecule has 128 valence electrons. The quantitative estimate of drug-likeness (QED) is 0.676. The molecule has 0 bridgehead atoms. The number of anilines is 2. The molecule has 0 aliphatic carbocycles. The molecule has 2 aromatic carbocycles. The van der Waals surface area contributed by atoms with E-state index in [9.17, 15) is 13.2 Å². The molecule has 0 saturated carbocycles. The Kier molecular flexibility index (Phi) is 6.22. The van der Waals surface area contributed by atoms with Gasteiger partial charge in [-0.15, -0.1) is 0 Å². The Bertz CT molecular complexity index is 820. The Balaban J connectivity index is 2.21. The van der Waals surface area contributed by atoms with Gasteiger partial charge in [0.1, 0.15) is 6.54 Å². The number of halogens is 1. The summed E-state index contributed by atoms with van der Waals surface area (Å²) in [6, 6.07) is 14.5. The van der Waals surface area contributed by atoms with Crippen LogP contribution in [0.4, 0.5) is 11.4 Å². The third-order valence-corrected chi connectivity index (χ3v) is 5.33. The van der Waals surface area contributed by atoms with Crippen molar-refractivity contribution in [2.45, 2.75) is 13.3 Å². The van der Waals surface area contributed by atoms with Gasteiger partial charge in [-0.25, -0.2) is 8.42 Å². The van der Waals surface area contributed by atoms with Crippen LogP contribution in [0, 0.1) is 3.57 Å². The molecule has 0 heterocycles. The molecule has 0 atom stereocenters. The van der Waals surface area contributed by atoms with Crippen molar-refractivity contribution in [3.63, 3.8) is 0 Å². The molecule has 5 nitrogen and oxygen atoms in total. The van der Waals surface area contributed by atoms with E-state index in [2.05, 4.69) is 27.9 Å². The SMILES string of the molecule is CCc1ccccc1NC(=O)CN(c1ccc(I)cc1)S(C)(=O)=O. The minimum Gasteiger partial charge on any atom is -0.324 e. The lowest BCUT2D eigenvalue weighted by Crippen LogP contribution is -2.37. The summed E-state index contributed by atoms with van der Waals surface area (Å²) < 4.78 is 26.2. The Morgan fingerprint density at radius 3 is 2.33 bits per heavy atom. The van der Waals surface area contributed by atoms with Crippen LogP contribution >= 0.6 is 22.6 Å². The van der Waals surface area contributed by atoms with E-state index >= 15 is 0 Å². The number of benzene rings is 2. The minimum absolute atomic E-state index is 0.266. The van der Waals surface area contributed by atoms with Gasteiger partial charge in [-0.2, -0.15) is 0 Å². The molecule has 24 heavy (non-hydrogen) atoms. The number of sulfonamides is 1. The highest BCUT2D eigenvalue weighted by atomic mass is 127. The molecular weight excluding hydrogens is 439 g/mol. The van der Waals surface area contributed by atoms with Crippen molar-refractivity contribution < 1.29 is 13.2 Å². The molecule has 0 spiro atoms. The van der Waals surface area contributed by atoms with Crippen molar-refractivity contribution in [3.8, 4) is 0 Å². The Morgan fingerprint density at radius 2 is 1.75 bits per heavy atom. The van der Waals surface area contributed by atoms with Gasteiger partial charge in [0, 0.05) is 9.26 Å². The average Bonchev–Trinajstić information content (AvgIpc) is 2.53. The van der Waals surface area contributed by atoms with E-state index in [0.717, 1.165) is 26.1 Å². The van der Waals surface area contributed by atoms with Gasteiger partial charge < -0.3 is 5.32 Å². The second-order valence-electron chi connectivity index (χ2n) is 5.30. The van der Waals surface area contributed by atoms with E-state index in [1.807, 2.05) is 31.2 Å². The number of rotatable bonds is 6. The monoisotopic (exact) mass is 458 g/mol. The van der Waals surface area contributed by atoms with Crippen LogP contribution in [0.1, 0.15) is 12.5 Å². The number of para-hydroxylation sites is 1. The fourth-order valence-electron chi connectivity index (χ4n) is 2.28. The molecule has 0 aliphatic heterocycles. The molecule has 0 aliphatic rings. The molecule has 2 rings (SSSR count). The highest BCUT2D eigenvalue weighted by Crippen LogP contribution is 2.20. The van der Waals surface area contributed by atoms with Crippen LogP contribution in [0.2, 0.25) is 0 Å². The Labute approximate surface area is 156 Å². The zero-order chi connectivity index (χ0) is 17.7. The lowest BCUT2D eigenvalue weighted by Gasteiger charge is -2.22. The summed E-state index contributed by atoms with van der Waals surface area (Å²) in [6.07, 6.45) is 1.88. The van der Waals surface area contributed by atoms with Gasteiger partial charge in [0.2, 0.25) is 15.9 Å². The van der Waals surface area contributed by atoms with Gasteiger partial charge in [0.05, 0.1) is 11.9 Å². The summed E-state index contributed by atoms with van der Waals surface area (Å²) >= 11 is 2.14. The maximum atomic E-state index is 12.4. The molecule has 0 saturated heterocycles. The number of nitrogens with zero attached hydrogens (tertiary/aromatic N) is 1. The first-order chi connectivity index (χ1) is 11.3. The molecule has 0 unspecified atom stereocenters. The number of carbonyl (C=O) groups excluding carboxylic acids is 1. The zero-order valence-electron chi connectivity index (χ0n) is 13.5. The standard InChI is InChI=1S/C17H19IN2O3S/c1-3-13-6-4-5-7-16(13)19-17(21)12-20(24(2,22)23)15-10-8-14(18)9-11-15/h4-11H,3,12H2,1-2H3,(H,19,21). The maximum absolute atomic E-state index is 12.4. The lowest BCUT2D eigenvalue weighted by atomic mass is 10.1. The molecule has 0 radical (unpaired) electrons. The van der Waals surface area contributed by atoms with E-state index in [-0.39, 0.29) is 12.5 Å². The third-order valence-electron chi connectivity index (χ3n) is 3.47. The van der Waals surface area contributed by atoms with Crippen LogP contribution < -0.4 is 9.62 Å². The van der Waals surface area contributed by atoms with Crippen LogP contribution in [0.25, 0.3) is 0 Å². The van der Waals surface area contributed by atoms with E-state index < -0.39 is 10.0 Å². The number of carbonyl (C=O) groups is 1. The number of nitrogens with one attached hydrogen (secondary N) is 1. The molecule has 1 N–H and O–H groups in total. The number of amides is 1. The third kappa shape index (κ3) is 4.94. The van der Waals surface area contributed by atoms with E-state index in [1.54, 1.807) is 24.3 Å². The fourth-order valence-corrected chi connectivity index (χ4v) is 3.49. The smallest absolute Gasteiger partial charge is 0.245 e. The summed E-state index contributed by atoms with van der Waals surface area (Å²) in [5.74, 6) is -0.375. The molecule has 0 fully saturated rings. The van der Waals surface area contributed by atoms with Crippen LogP contribution in [0.15, 0.2) is 48.5 Å².